The Morgan fingerprint density at radius 1 is 1.07 bits per heavy atom. The molecule has 0 aliphatic carbocycles. The Labute approximate surface area is 172 Å². The van der Waals surface area contributed by atoms with Crippen LogP contribution in [0.25, 0.3) is 11.3 Å². The first kappa shape index (κ1) is 20.7. The molecule has 29 heavy (non-hydrogen) atoms. The number of hydrogen-bond acceptors (Lipinski definition) is 5. The Morgan fingerprint density at radius 3 is 2.48 bits per heavy atom. The fraction of sp³-hybridized carbons (Fsp3) is 0.182. The molecule has 2 aromatic carbocycles. The van der Waals surface area contributed by atoms with Crippen molar-refractivity contribution < 1.29 is 23.1 Å². The molecule has 1 amide bonds. The van der Waals surface area contributed by atoms with Gasteiger partial charge >= 0.3 is 5.97 Å². The minimum Gasteiger partial charge on any atom is -0.450 e. The molecule has 150 valence electrons. The summed E-state index contributed by atoms with van der Waals surface area (Å²) in [5, 5.41) is 0. The lowest BCUT2D eigenvalue weighted by Gasteiger charge is -2.17. The van der Waals surface area contributed by atoms with E-state index < -0.39 is 18.4 Å². The SMILES string of the molecule is CSc1ccc(CN(C)C(=O)COC(=O)c2ccc(-c3ccccc3F)o2)cc1. The predicted octanol–water partition coefficient (Wildman–Crippen LogP) is 4.62. The zero-order valence-electron chi connectivity index (χ0n) is 16.1. The van der Waals surface area contributed by atoms with E-state index in [1.165, 1.54) is 23.1 Å². The molecule has 0 fully saturated rings. The number of halogens is 1. The number of thioether (sulfide) groups is 1. The van der Waals surface area contributed by atoms with Crippen molar-refractivity contribution in [3.8, 4) is 11.3 Å². The fourth-order valence-electron chi connectivity index (χ4n) is 2.65. The first-order chi connectivity index (χ1) is 14.0. The van der Waals surface area contributed by atoms with Gasteiger partial charge in [0.2, 0.25) is 5.76 Å². The van der Waals surface area contributed by atoms with Crippen molar-refractivity contribution in [1.82, 2.24) is 4.90 Å². The van der Waals surface area contributed by atoms with Crippen molar-refractivity contribution in [2.24, 2.45) is 0 Å². The molecule has 0 unspecified atom stereocenters. The highest BCUT2D eigenvalue weighted by molar-refractivity contribution is 7.98. The summed E-state index contributed by atoms with van der Waals surface area (Å²) in [6.07, 6.45) is 2.00. The number of likely N-dealkylation sites (N-methyl/N-ethyl adjacent to an activating group) is 1. The van der Waals surface area contributed by atoms with Crippen LogP contribution in [0.15, 0.2) is 70.0 Å². The molecule has 0 bridgehead atoms. The summed E-state index contributed by atoms with van der Waals surface area (Å²) < 4.78 is 24.2. The molecule has 3 aromatic rings. The average Bonchev–Trinajstić information content (AvgIpc) is 3.22. The number of hydrogen-bond donors (Lipinski definition) is 0. The van der Waals surface area contributed by atoms with Gasteiger partial charge in [0.1, 0.15) is 11.6 Å². The van der Waals surface area contributed by atoms with Gasteiger partial charge in [0.05, 0.1) is 5.56 Å². The first-order valence-corrected chi connectivity index (χ1v) is 10.1. The first-order valence-electron chi connectivity index (χ1n) is 8.86. The van der Waals surface area contributed by atoms with Gasteiger partial charge in [0.25, 0.3) is 5.91 Å². The normalized spacial score (nSPS) is 10.6. The van der Waals surface area contributed by atoms with E-state index in [1.807, 2.05) is 30.5 Å². The minimum atomic E-state index is -0.779. The van der Waals surface area contributed by atoms with E-state index in [2.05, 4.69) is 0 Å². The number of carbonyl (C=O) groups excluding carboxylic acids is 2. The van der Waals surface area contributed by atoms with Crippen molar-refractivity contribution in [3.05, 3.63) is 77.8 Å². The minimum absolute atomic E-state index is 0.0913. The Bertz CT molecular complexity index is 1000. The highest BCUT2D eigenvalue weighted by Gasteiger charge is 2.18. The maximum atomic E-state index is 13.8. The van der Waals surface area contributed by atoms with Crippen LogP contribution >= 0.6 is 11.8 Å². The van der Waals surface area contributed by atoms with E-state index in [9.17, 15) is 14.0 Å². The van der Waals surface area contributed by atoms with Gasteiger partial charge < -0.3 is 14.1 Å². The van der Waals surface area contributed by atoms with E-state index in [1.54, 1.807) is 37.0 Å². The summed E-state index contributed by atoms with van der Waals surface area (Å²) in [4.78, 5) is 27.0. The van der Waals surface area contributed by atoms with E-state index in [-0.39, 0.29) is 23.0 Å². The Kier molecular flexibility index (Phi) is 6.72. The second-order valence-electron chi connectivity index (χ2n) is 6.32. The molecule has 1 heterocycles. The van der Waals surface area contributed by atoms with Gasteiger partial charge in [0, 0.05) is 18.5 Å². The van der Waals surface area contributed by atoms with Crippen LogP contribution in [0.5, 0.6) is 0 Å². The van der Waals surface area contributed by atoms with Crippen molar-refractivity contribution in [2.75, 3.05) is 19.9 Å². The molecular weight excluding hydrogens is 393 g/mol. The summed E-state index contributed by atoms with van der Waals surface area (Å²) in [6.45, 7) is -0.00279. The summed E-state index contributed by atoms with van der Waals surface area (Å²) in [7, 11) is 1.64. The molecule has 0 aliphatic rings. The molecule has 3 rings (SSSR count). The van der Waals surface area contributed by atoms with Gasteiger partial charge in [0.15, 0.2) is 6.61 Å². The number of carbonyl (C=O) groups is 2. The molecule has 0 aliphatic heterocycles. The lowest BCUT2D eigenvalue weighted by molar-refractivity contribution is -0.133. The van der Waals surface area contributed by atoms with Gasteiger partial charge in [-0.3, -0.25) is 4.79 Å². The number of furan rings is 1. The number of nitrogens with zero attached hydrogens (tertiary/aromatic N) is 1. The lowest BCUT2D eigenvalue weighted by Crippen LogP contribution is -2.30. The number of esters is 1. The largest absolute Gasteiger partial charge is 0.450 e. The molecule has 0 saturated heterocycles. The predicted molar refractivity (Wildman–Crippen MR) is 109 cm³/mol. The smallest absolute Gasteiger partial charge is 0.374 e. The Hall–Kier alpha value is -3.06. The molecule has 7 heteroatoms. The van der Waals surface area contributed by atoms with Crippen LogP contribution in [0.2, 0.25) is 0 Å². The van der Waals surface area contributed by atoms with Gasteiger partial charge in [-0.15, -0.1) is 11.8 Å². The van der Waals surface area contributed by atoms with Crippen LogP contribution in [0, 0.1) is 5.82 Å². The van der Waals surface area contributed by atoms with Crippen LogP contribution in [0.1, 0.15) is 16.1 Å². The summed E-state index contributed by atoms with van der Waals surface area (Å²) in [5.74, 6) is -1.45. The van der Waals surface area contributed by atoms with Crippen molar-refractivity contribution >= 4 is 23.6 Å². The zero-order valence-corrected chi connectivity index (χ0v) is 16.9. The summed E-state index contributed by atoms with van der Waals surface area (Å²) >= 11 is 1.65. The highest BCUT2D eigenvalue weighted by Crippen LogP contribution is 2.25. The molecule has 0 radical (unpaired) electrons. The molecule has 0 spiro atoms. The fourth-order valence-corrected chi connectivity index (χ4v) is 3.06. The van der Waals surface area contributed by atoms with E-state index in [0.717, 1.165) is 10.5 Å². The second kappa shape index (κ2) is 9.43. The second-order valence-corrected chi connectivity index (χ2v) is 7.20. The van der Waals surface area contributed by atoms with Crippen LogP contribution in [-0.4, -0.2) is 36.7 Å². The number of benzene rings is 2. The third-order valence-corrected chi connectivity index (χ3v) is 5.02. The van der Waals surface area contributed by atoms with Gasteiger partial charge in [-0.1, -0.05) is 24.3 Å². The van der Waals surface area contributed by atoms with Crippen LogP contribution in [0.4, 0.5) is 4.39 Å². The van der Waals surface area contributed by atoms with Gasteiger partial charge in [-0.25, -0.2) is 9.18 Å². The van der Waals surface area contributed by atoms with Crippen LogP contribution in [-0.2, 0) is 16.1 Å². The maximum absolute atomic E-state index is 13.8. The maximum Gasteiger partial charge on any atom is 0.374 e. The quantitative estimate of drug-likeness (QED) is 0.418. The van der Waals surface area contributed by atoms with Crippen molar-refractivity contribution in [2.45, 2.75) is 11.4 Å². The molecule has 5 nitrogen and oxygen atoms in total. The monoisotopic (exact) mass is 413 g/mol. The molecule has 1 aromatic heterocycles. The summed E-state index contributed by atoms with van der Waals surface area (Å²) in [5.41, 5.74) is 1.22. The van der Waals surface area contributed by atoms with Crippen molar-refractivity contribution in [1.29, 1.82) is 0 Å². The molecular formula is C22H20FNO4S. The van der Waals surface area contributed by atoms with E-state index >= 15 is 0 Å². The van der Waals surface area contributed by atoms with Gasteiger partial charge in [-0.2, -0.15) is 0 Å². The van der Waals surface area contributed by atoms with Gasteiger partial charge in [-0.05, 0) is 48.2 Å². The van der Waals surface area contributed by atoms with E-state index in [4.69, 9.17) is 9.15 Å². The standard InChI is InChI=1S/C22H20FNO4S/c1-24(13-15-7-9-16(29-2)10-8-15)21(25)14-27-22(26)20-12-11-19(28-20)17-5-3-4-6-18(17)23/h3-12H,13-14H2,1-2H3. The van der Waals surface area contributed by atoms with E-state index in [0.29, 0.717) is 6.54 Å². The van der Waals surface area contributed by atoms with Crippen molar-refractivity contribution in [3.63, 3.8) is 0 Å². The van der Waals surface area contributed by atoms with Crippen LogP contribution in [0.3, 0.4) is 0 Å². The molecule has 0 saturated carbocycles. The third kappa shape index (κ3) is 5.26. The highest BCUT2D eigenvalue weighted by atomic mass is 32.2. The number of rotatable bonds is 7. The van der Waals surface area contributed by atoms with Crippen LogP contribution < -0.4 is 0 Å². The molecule has 0 atom stereocenters. The lowest BCUT2D eigenvalue weighted by atomic mass is 10.1. The Morgan fingerprint density at radius 2 is 1.79 bits per heavy atom. The Balaban J connectivity index is 1.54. The third-order valence-electron chi connectivity index (χ3n) is 4.28. The average molecular weight is 413 g/mol. The number of ether oxygens (including phenoxy) is 1. The zero-order chi connectivity index (χ0) is 20.8. The summed E-state index contributed by atoms with van der Waals surface area (Å²) in [6, 6.07) is 16.9. The topological polar surface area (TPSA) is 59.8 Å². The number of amides is 1. The molecule has 0 N–H and O–H groups in total.